The van der Waals surface area contributed by atoms with Crippen LogP contribution in [0.3, 0.4) is 0 Å². The lowest BCUT2D eigenvalue weighted by molar-refractivity contribution is -0.384. The lowest BCUT2D eigenvalue weighted by Crippen LogP contribution is -2.26. The van der Waals surface area contributed by atoms with Crippen molar-refractivity contribution in [3.63, 3.8) is 0 Å². The summed E-state index contributed by atoms with van der Waals surface area (Å²) in [6.07, 6.45) is 3.21. The number of nitro groups is 1. The summed E-state index contributed by atoms with van der Waals surface area (Å²) in [5.74, 6) is -0.495. The summed E-state index contributed by atoms with van der Waals surface area (Å²) in [6.45, 7) is 1.76. The molecule has 0 spiro atoms. The molecule has 1 unspecified atom stereocenters. The zero-order chi connectivity index (χ0) is 15.6. The van der Waals surface area contributed by atoms with Crippen molar-refractivity contribution >= 4 is 34.8 Å². The van der Waals surface area contributed by atoms with Crippen LogP contribution < -0.4 is 5.32 Å². The fourth-order valence-electron chi connectivity index (χ4n) is 1.70. The minimum Gasteiger partial charge on any atom is -0.345 e. The highest BCUT2D eigenvalue weighted by Crippen LogP contribution is 2.33. The van der Waals surface area contributed by atoms with E-state index in [1.54, 1.807) is 19.3 Å². The first-order valence-electron chi connectivity index (χ1n) is 5.83. The minimum atomic E-state index is -0.690. The number of nitrogens with zero attached hydrogens (tertiary/aromatic N) is 2. The third-order valence-corrected chi connectivity index (χ3v) is 3.63. The van der Waals surface area contributed by atoms with E-state index in [4.69, 9.17) is 23.2 Å². The Hall–Kier alpha value is -2.12. The molecule has 0 radical (unpaired) electrons. The maximum Gasteiger partial charge on any atom is 0.290 e. The normalized spacial score (nSPS) is 12.0. The molecular weight excluding hydrogens is 319 g/mol. The summed E-state index contributed by atoms with van der Waals surface area (Å²) in [7, 11) is 0. The largest absolute Gasteiger partial charge is 0.345 e. The highest BCUT2D eigenvalue weighted by atomic mass is 35.5. The standard InChI is InChI=1S/C12H10Cl2N4O3/c1-6(8-4-15-16-5-8)17-12(19)7-2-9(13)11(14)10(3-7)18(20)21/h2-6H,1H3,(H,15,16)(H,17,19). The topological polar surface area (TPSA) is 101 Å². The summed E-state index contributed by atoms with van der Waals surface area (Å²) in [5, 5.41) is 19.7. The molecule has 1 atom stereocenters. The number of hydrogen-bond donors (Lipinski definition) is 2. The Kier molecular flexibility index (Phi) is 4.44. The van der Waals surface area contributed by atoms with Crippen molar-refractivity contribution in [2.75, 3.05) is 0 Å². The number of nitrogens with one attached hydrogen (secondary N) is 2. The van der Waals surface area contributed by atoms with Crippen LogP contribution in [0.25, 0.3) is 0 Å². The third kappa shape index (κ3) is 3.32. The number of rotatable bonds is 4. The van der Waals surface area contributed by atoms with Gasteiger partial charge in [0.05, 0.1) is 22.2 Å². The first-order chi connectivity index (χ1) is 9.90. The monoisotopic (exact) mass is 328 g/mol. The van der Waals surface area contributed by atoms with Gasteiger partial charge in [0, 0.05) is 23.4 Å². The molecule has 1 aromatic heterocycles. The lowest BCUT2D eigenvalue weighted by Gasteiger charge is -2.12. The molecule has 0 aliphatic carbocycles. The Morgan fingerprint density at radius 1 is 1.48 bits per heavy atom. The van der Waals surface area contributed by atoms with E-state index in [9.17, 15) is 14.9 Å². The second kappa shape index (κ2) is 6.11. The van der Waals surface area contributed by atoms with Crippen molar-refractivity contribution in [1.29, 1.82) is 0 Å². The molecule has 1 amide bonds. The van der Waals surface area contributed by atoms with Crippen molar-refractivity contribution in [3.8, 4) is 0 Å². The summed E-state index contributed by atoms with van der Waals surface area (Å²) in [6, 6.07) is 2.06. The van der Waals surface area contributed by atoms with Crippen molar-refractivity contribution in [2.45, 2.75) is 13.0 Å². The van der Waals surface area contributed by atoms with Crippen LogP contribution in [0.5, 0.6) is 0 Å². The van der Waals surface area contributed by atoms with Crippen molar-refractivity contribution in [3.05, 3.63) is 55.8 Å². The van der Waals surface area contributed by atoms with E-state index >= 15 is 0 Å². The van der Waals surface area contributed by atoms with E-state index in [2.05, 4.69) is 15.5 Å². The van der Waals surface area contributed by atoms with Crippen LogP contribution >= 0.6 is 23.2 Å². The lowest BCUT2D eigenvalue weighted by atomic mass is 10.1. The number of aromatic nitrogens is 2. The molecule has 2 N–H and O–H groups in total. The third-order valence-electron chi connectivity index (χ3n) is 2.83. The zero-order valence-electron chi connectivity index (χ0n) is 10.8. The van der Waals surface area contributed by atoms with Crippen LogP contribution in [0.4, 0.5) is 5.69 Å². The van der Waals surface area contributed by atoms with Crippen LogP contribution in [0.2, 0.25) is 10.0 Å². The van der Waals surface area contributed by atoms with E-state index < -0.39 is 16.5 Å². The molecule has 7 nitrogen and oxygen atoms in total. The molecule has 0 bridgehead atoms. The van der Waals surface area contributed by atoms with Gasteiger partial charge in [-0.2, -0.15) is 5.10 Å². The number of halogens is 2. The SMILES string of the molecule is CC(NC(=O)c1cc(Cl)c(Cl)c([N+](=O)[O-])c1)c1cn[nH]c1. The van der Waals surface area contributed by atoms with Crippen LogP contribution in [-0.4, -0.2) is 21.0 Å². The van der Waals surface area contributed by atoms with E-state index in [1.807, 2.05) is 0 Å². The molecule has 21 heavy (non-hydrogen) atoms. The van der Waals surface area contributed by atoms with Crippen molar-refractivity contribution in [2.24, 2.45) is 0 Å². The molecule has 2 rings (SSSR count). The average molecular weight is 329 g/mol. The number of carbonyl (C=O) groups excluding carboxylic acids is 1. The van der Waals surface area contributed by atoms with E-state index in [0.29, 0.717) is 0 Å². The van der Waals surface area contributed by atoms with Gasteiger partial charge in [-0.05, 0) is 13.0 Å². The van der Waals surface area contributed by atoms with Gasteiger partial charge in [0.2, 0.25) is 0 Å². The number of carbonyl (C=O) groups is 1. The maximum atomic E-state index is 12.1. The number of hydrogen-bond acceptors (Lipinski definition) is 4. The molecule has 9 heteroatoms. The second-order valence-electron chi connectivity index (χ2n) is 4.28. The predicted octanol–water partition coefficient (Wildman–Crippen LogP) is 3.12. The van der Waals surface area contributed by atoms with Gasteiger partial charge < -0.3 is 5.32 Å². The second-order valence-corrected chi connectivity index (χ2v) is 5.06. The minimum absolute atomic E-state index is 0.0491. The fourth-order valence-corrected chi connectivity index (χ4v) is 2.09. The zero-order valence-corrected chi connectivity index (χ0v) is 12.3. The number of nitro benzene ring substituents is 1. The first-order valence-corrected chi connectivity index (χ1v) is 6.58. The summed E-state index contributed by atoms with van der Waals surface area (Å²) in [4.78, 5) is 22.3. The molecule has 110 valence electrons. The molecule has 0 saturated carbocycles. The van der Waals surface area contributed by atoms with Gasteiger partial charge in [-0.25, -0.2) is 0 Å². The van der Waals surface area contributed by atoms with Gasteiger partial charge in [-0.3, -0.25) is 20.0 Å². The van der Waals surface area contributed by atoms with Gasteiger partial charge in [0.15, 0.2) is 0 Å². The van der Waals surface area contributed by atoms with Gasteiger partial charge in [-0.1, -0.05) is 23.2 Å². The fraction of sp³-hybridized carbons (Fsp3) is 0.167. The quantitative estimate of drug-likeness (QED) is 0.665. The van der Waals surface area contributed by atoms with Crippen LogP contribution in [0, 0.1) is 10.1 Å². The molecule has 0 aliphatic rings. The Labute approximate surface area is 129 Å². The predicted molar refractivity (Wildman–Crippen MR) is 77.6 cm³/mol. The molecule has 1 heterocycles. The average Bonchev–Trinajstić information content (AvgIpc) is 2.95. The molecule has 1 aromatic carbocycles. The van der Waals surface area contributed by atoms with Crippen molar-refractivity contribution in [1.82, 2.24) is 15.5 Å². The molecule has 0 fully saturated rings. The van der Waals surface area contributed by atoms with Crippen LogP contribution in [0.1, 0.15) is 28.9 Å². The molecular formula is C12H10Cl2N4O3. The van der Waals surface area contributed by atoms with Gasteiger partial charge in [0.1, 0.15) is 5.02 Å². The highest BCUT2D eigenvalue weighted by Gasteiger charge is 2.21. The summed E-state index contributed by atoms with van der Waals surface area (Å²) in [5.41, 5.74) is 0.426. The van der Waals surface area contributed by atoms with Gasteiger partial charge >= 0.3 is 0 Å². The van der Waals surface area contributed by atoms with Crippen molar-refractivity contribution < 1.29 is 9.72 Å². The number of aromatic amines is 1. The number of amides is 1. The van der Waals surface area contributed by atoms with Crippen LogP contribution in [0.15, 0.2) is 24.5 Å². The van der Waals surface area contributed by atoms with Crippen LogP contribution in [-0.2, 0) is 0 Å². The molecule has 0 saturated heterocycles. The molecule has 0 aliphatic heterocycles. The van der Waals surface area contributed by atoms with E-state index in [1.165, 1.54) is 6.07 Å². The Morgan fingerprint density at radius 2 is 2.19 bits per heavy atom. The highest BCUT2D eigenvalue weighted by molar-refractivity contribution is 6.43. The van der Waals surface area contributed by atoms with E-state index in [-0.39, 0.29) is 21.7 Å². The smallest absolute Gasteiger partial charge is 0.290 e. The van der Waals surface area contributed by atoms with E-state index in [0.717, 1.165) is 11.6 Å². The Bertz CT molecular complexity index is 688. The Morgan fingerprint density at radius 3 is 2.76 bits per heavy atom. The summed E-state index contributed by atoms with van der Waals surface area (Å²) >= 11 is 11.5. The van der Waals surface area contributed by atoms with Gasteiger partial charge in [-0.15, -0.1) is 0 Å². The maximum absolute atomic E-state index is 12.1. The first kappa shape index (κ1) is 15.3. The number of H-pyrrole nitrogens is 1. The summed E-state index contributed by atoms with van der Waals surface area (Å²) < 4.78 is 0. The van der Waals surface area contributed by atoms with Gasteiger partial charge in [0.25, 0.3) is 11.6 Å². The molecule has 2 aromatic rings. The number of benzene rings is 1. The Balaban J connectivity index is 2.25.